The Bertz CT molecular complexity index is 515. The molecule has 0 radical (unpaired) electrons. The van der Waals surface area contributed by atoms with Gasteiger partial charge in [0.05, 0.1) is 18.0 Å². The first-order valence-electron chi connectivity index (χ1n) is 5.45. The summed E-state index contributed by atoms with van der Waals surface area (Å²) in [5.74, 6) is -0.940. The molecule has 1 rings (SSSR count). The highest BCUT2D eigenvalue weighted by Crippen LogP contribution is 2.22. The summed E-state index contributed by atoms with van der Waals surface area (Å²) in [6, 6.07) is 4.34. The van der Waals surface area contributed by atoms with E-state index in [1.54, 1.807) is 13.0 Å². The highest BCUT2D eigenvalue weighted by atomic mass is 16.6. The average molecular weight is 266 g/mol. The lowest BCUT2D eigenvalue weighted by atomic mass is 10.2. The van der Waals surface area contributed by atoms with E-state index in [2.05, 4.69) is 10.6 Å². The highest BCUT2D eigenvalue weighted by Gasteiger charge is 2.12. The van der Waals surface area contributed by atoms with Gasteiger partial charge in [-0.3, -0.25) is 19.7 Å². The first-order valence-corrected chi connectivity index (χ1v) is 5.45. The van der Waals surface area contributed by atoms with Crippen molar-refractivity contribution in [3.63, 3.8) is 0 Å². The number of hydrogen-bond acceptors (Lipinski definition) is 5. The van der Waals surface area contributed by atoms with Crippen LogP contribution in [0, 0.1) is 17.0 Å². The van der Waals surface area contributed by atoms with Crippen LogP contribution in [0.25, 0.3) is 0 Å². The van der Waals surface area contributed by atoms with Crippen molar-refractivity contribution in [2.45, 2.75) is 6.92 Å². The van der Waals surface area contributed by atoms with Crippen molar-refractivity contribution in [2.24, 2.45) is 5.73 Å². The number of anilines is 1. The van der Waals surface area contributed by atoms with Crippen LogP contribution in [0.15, 0.2) is 18.2 Å². The highest BCUT2D eigenvalue weighted by molar-refractivity contribution is 5.95. The molecule has 19 heavy (non-hydrogen) atoms. The standard InChI is InChI=1S/C11H14N4O4/c1-7-2-3-8(4-9(7)15(18)19)14-11(17)6-13-10(16)5-12/h2-4H,5-6,12H2,1H3,(H,13,16)(H,14,17). The van der Waals surface area contributed by atoms with Crippen molar-refractivity contribution in [2.75, 3.05) is 18.4 Å². The van der Waals surface area contributed by atoms with Crippen molar-refractivity contribution in [1.82, 2.24) is 5.32 Å². The Morgan fingerprint density at radius 3 is 2.63 bits per heavy atom. The number of benzene rings is 1. The first kappa shape index (κ1) is 14.6. The first-order chi connectivity index (χ1) is 8.93. The minimum Gasteiger partial charge on any atom is -0.346 e. The lowest BCUT2D eigenvalue weighted by Crippen LogP contribution is -2.36. The van der Waals surface area contributed by atoms with E-state index in [1.807, 2.05) is 0 Å². The average Bonchev–Trinajstić information content (AvgIpc) is 2.37. The SMILES string of the molecule is Cc1ccc(NC(=O)CNC(=O)CN)cc1[N+](=O)[O-]. The molecule has 0 aliphatic rings. The smallest absolute Gasteiger partial charge is 0.274 e. The monoisotopic (exact) mass is 266 g/mol. The topological polar surface area (TPSA) is 127 Å². The van der Waals surface area contributed by atoms with Crippen LogP contribution in [0.4, 0.5) is 11.4 Å². The van der Waals surface area contributed by atoms with Crippen LogP contribution in [0.2, 0.25) is 0 Å². The van der Waals surface area contributed by atoms with Gasteiger partial charge in [0, 0.05) is 17.3 Å². The third-order valence-corrected chi connectivity index (χ3v) is 2.32. The van der Waals surface area contributed by atoms with Crippen molar-refractivity contribution in [3.8, 4) is 0 Å². The molecule has 2 amide bonds. The fourth-order valence-corrected chi connectivity index (χ4v) is 1.34. The molecule has 8 heteroatoms. The number of amides is 2. The van der Waals surface area contributed by atoms with E-state index in [4.69, 9.17) is 5.73 Å². The Labute approximate surface area is 109 Å². The zero-order valence-electron chi connectivity index (χ0n) is 10.3. The Morgan fingerprint density at radius 2 is 2.05 bits per heavy atom. The number of nitrogens with one attached hydrogen (secondary N) is 2. The van der Waals surface area contributed by atoms with Gasteiger partial charge in [0.25, 0.3) is 5.69 Å². The van der Waals surface area contributed by atoms with E-state index in [0.717, 1.165) is 0 Å². The maximum absolute atomic E-state index is 11.5. The summed E-state index contributed by atoms with van der Waals surface area (Å²) in [6.07, 6.45) is 0. The van der Waals surface area contributed by atoms with Gasteiger partial charge in [-0.15, -0.1) is 0 Å². The van der Waals surface area contributed by atoms with E-state index in [-0.39, 0.29) is 18.8 Å². The van der Waals surface area contributed by atoms with Crippen LogP contribution in [0.5, 0.6) is 0 Å². The van der Waals surface area contributed by atoms with Crippen LogP contribution in [-0.2, 0) is 9.59 Å². The van der Waals surface area contributed by atoms with Gasteiger partial charge in [-0.2, -0.15) is 0 Å². The van der Waals surface area contributed by atoms with Crippen molar-refractivity contribution < 1.29 is 14.5 Å². The van der Waals surface area contributed by atoms with E-state index in [9.17, 15) is 19.7 Å². The van der Waals surface area contributed by atoms with Crippen molar-refractivity contribution in [1.29, 1.82) is 0 Å². The van der Waals surface area contributed by atoms with Crippen LogP contribution < -0.4 is 16.4 Å². The van der Waals surface area contributed by atoms with Crippen molar-refractivity contribution in [3.05, 3.63) is 33.9 Å². The molecular weight excluding hydrogens is 252 g/mol. The minimum atomic E-state index is -0.527. The zero-order chi connectivity index (χ0) is 14.4. The Kier molecular flexibility index (Phi) is 4.95. The summed E-state index contributed by atoms with van der Waals surface area (Å²) < 4.78 is 0. The molecule has 8 nitrogen and oxygen atoms in total. The predicted octanol–water partition coefficient (Wildman–Crippen LogP) is -0.0834. The number of nitrogens with zero attached hydrogens (tertiary/aromatic N) is 1. The van der Waals surface area contributed by atoms with Gasteiger partial charge in [-0.25, -0.2) is 0 Å². The van der Waals surface area contributed by atoms with E-state index in [1.165, 1.54) is 12.1 Å². The molecule has 0 fully saturated rings. The normalized spacial score (nSPS) is 9.79. The number of hydrogen-bond donors (Lipinski definition) is 3. The largest absolute Gasteiger partial charge is 0.346 e. The fourth-order valence-electron chi connectivity index (χ4n) is 1.34. The lowest BCUT2D eigenvalue weighted by Gasteiger charge is -2.07. The fraction of sp³-hybridized carbons (Fsp3) is 0.273. The Balaban J connectivity index is 2.67. The van der Waals surface area contributed by atoms with Gasteiger partial charge in [-0.1, -0.05) is 6.07 Å². The number of nitrogens with two attached hydrogens (primary N) is 1. The summed E-state index contributed by atoms with van der Waals surface area (Å²) in [7, 11) is 0. The summed E-state index contributed by atoms with van der Waals surface area (Å²) >= 11 is 0. The molecular formula is C11H14N4O4. The Hall–Kier alpha value is -2.48. The quantitative estimate of drug-likeness (QED) is 0.507. The second-order valence-electron chi connectivity index (χ2n) is 3.79. The van der Waals surface area contributed by atoms with Gasteiger partial charge in [0.1, 0.15) is 0 Å². The summed E-state index contributed by atoms with van der Waals surface area (Å²) in [5.41, 5.74) is 5.78. The molecule has 0 spiro atoms. The number of nitro groups is 1. The number of aryl methyl sites for hydroxylation is 1. The van der Waals surface area contributed by atoms with Crippen LogP contribution >= 0.6 is 0 Å². The molecule has 1 aromatic rings. The second-order valence-corrected chi connectivity index (χ2v) is 3.79. The molecule has 1 aromatic carbocycles. The molecule has 0 aromatic heterocycles. The molecule has 0 aliphatic heterocycles. The van der Waals surface area contributed by atoms with E-state index >= 15 is 0 Å². The molecule has 0 bridgehead atoms. The van der Waals surface area contributed by atoms with Crippen LogP contribution in [-0.4, -0.2) is 29.8 Å². The summed E-state index contributed by atoms with van der Waals surface area (Å²) in [6.45, 7) is 1.16. The third-order valence-electron chi connectivity index (χ3n) is 2.32. The molecule has 4 N–H and O–H groups in total. The molecule has 0 aliphatic carbocycles. The van der Waals surface area contributed by atoms with Gasteiger partial charge in [0.2, 0.25) is 11.8 Å². The maximum Gasteiger partial charge on any atom is 0.274 e. The Morgan fingerprint density at radius 1 is 1.37 bits per heavy atom. The molecule has 0 atom stereocenters. The van der Waals surface area contributed by atoms with E-state index < -0.39 is 16.7 Å². The predicted molar refractivity (Wildman–Crippen MR) is 68.5 cm³/mol. The summed E-state index contributed by atoms with van der Waals surface area (Å²) in [4.78, 5) is 32.5. The zero-order valence-corrected chi connectivity index (χ0v) is 10.3. The molecule has 102 valence electrons. The molecule has 0 unspecified atom stereocenters. The molecule has 0 saturated carbocycles. The van der Waals surface area contributed by atoms with Gasteiger partial charge < -0.3 is 16.4 Å². The second kappa shape index (κ2) is 6.45. The lowest BCUT2D eigenvalue weighted by molar-refractivity contribution is -0.385. The third kappa shape index (κ3) is 4.36. The molecule has 0 heterocycles. The van der Waals surface area contributed by atoms with Crippen LogP contribution in [0.3, 0.4) is 0 Å². The van der Waals surface area contributed by atoms with E-state index in [0.29, 0.717) is 11.3 Å². The van der Waals surface area contributed by atoms with Gasteiger partial charge in [0.15, 0.2) is 0 Å². The number of rotatable bonds is 5. The van der Waals surface area contributed by atoms with Crippen molar-refractivity contribution >= 4 is 23.2 Å². The number of carbonyl (C=O) groups is 2. The van der Waals surface area contributed by atoms with Gasteiger partial charge >= 0.3 is 0 Å². The van der Waals surface area contributed by atoms with Gasteiger partial charge in [-0.05, 0) is 13.0 Å². The van der Waals surface area contributed by atoms with Crippen LogP contribution in [0.1, 0.15) is 5.56 Å². The number of carbonyl (C=O) groups excluding carboxylic acids is 2. The maximum atomic E-state index is 11.5. The minimum absolute atomic E-state index is 0.0798. The molecule has 0 saturated heterocycles. The summed E-state index contributed by atoms with van der Waals surface area (Å²) in [5, 5.41) is 15.5. The number of nitro benzene ring substituents is 1.